The van der Waals surface area contributed by atoms with Crippen LogP contribution in [-0.2, 0) is 14.4 Å². The van der Waals surface area contributed by atoms with Gasteiger partial charge in [-0.2, -0.15) is 0 Å². The van der Waals surface area contributed by atoms with Crippen molar-refractivity contribution in [2.24, 2.45) is 0 Å². The lowest BCUT2D eigenvalue weighted by Gasteiger charge is -2.30. The predicted octanol–water partition coefficient (Wildman–Crippen LogP) is 0.809. The topological polar surface area (TPSA) is 69.7 Å². The van der Waals surface area contributed by atoms with Gasteiger partial charge in [-0.1, -0.05) is 12.1 Å². The zero-order valence-electron chi connectivity index (χ0n) is 12.6. The number of amides is 2. The van der Waals surface area contributed by atoms with E-state index >= 15 is 0 Å². The van der Waals surface area contributed by atoms with Crippen LogP contribution in [-0.4, -0.2) is 45.8 Å². The van der Waals surface area contributed by atoms with Gasteiger partial charge in [-0.15, -0.1) is 0 Å². The number of aldehydes is 1. The largest absolute Gasteiger partial charge is 0.376 e. The maximum Gasteiger partial charge on any atom is 0.242 e. The number of nitrogens with one attached hydrogen (secondary N) is 1. The Morgan fingerprint density at radius 3 is 2.33 bits per heavy atom. The number of likely N-dealkylation sites (N-methyl/N-ethyl adjacent to an activating group) is 1. The summed E-state index contributed by atoms with van der Waals surface area (Å²) in [7, 11) is 5.24. The molecule has 0 aliphatic carbocycles. The summed E-state index contributed by atoms with van der Waals surface area (Å²) in [5.41, 5.74) is 1.46. The number of carbonyl (C=O) groups excluding carboxylic acids is 3. The molecule has 1 N–H and O–H groups in total. The van der Waals surface area contributed by atoms with Crippen molar-refractivity contribution < 1.29 is 14.4 Å². The van der Waals surface area contributed by atoms with Gasteiger partial charge < -0.3 is 19.9 Å². The summed E-state index contributed by atoms with van der Waals surface area (Å²) < 4.78 is 0. The molecule has 0 radical (unpaired) electrons. The highest BCUT2D eigenvalue weighted by Gasteiger charge is 2.26. The van der Waals surface area contributed by atoms with Crippen LogP contribution in [0.25, 0.3) is 0 Å². The highest BCUT2D eigenvalue weighted by Crippen LogP contribution is 2.29. The lowest BCUT2D eigenvalue weighted by molar-refractivity contribution is -0.123. The van der Waals surface area contributed by atoms with E-state index in [4.69, 9.17) is 0 Å². The molecule has 0 bridgehead atoms. The first-order valence-electron chi connectivity index (χ1n) is 6.72. The second-order valence-corrected chi connectivity index (χ2v) is 4.77. The monoisotopic (exact) mass is 291 g/mol. The molecule has 6 heteroatoms. The van der Waals surface area contributed by atoms with Gasteiger partial charge in [-0.3, -0.25) is 9.59 Å². The Labute approximate surface area is 124 Å². The first-order chi connectivity index (χ1) is 10.1. The standard InChI is InChI=1S/C15H21N3O3/c1-16-15(21)14(9-6-10-19)18(11-20)13-8-5-4-7-12(13)17(2)3/h4-5,7-8,10-11,14H,6,9H2,1-3H3,(H,16,21). The minimum Gasteiger partial charge on any atom is -0.376 e. The number of para-hydroxylation sites is 2. The zero-order valence-corrected chi connectivity index (χ0v) is 12.6. The van der Waals surface area contributed by atoms with Gasteiger partial charge in [0.15, 0.2) is 0 Å². The Morgan fingerprint density at radius 1 is 1.24 bits per heavy atom. The third-order valence-electron chi connectivity index (χ3n) is 3.20. The van der Waals surface area contributed by atoms with Crippen molar-refractivity contribution in [2.45, 2.75) is 18.9 Å². The van der Waals surface area contributed by atoms with E-state index in [1.165, 1.54) is 11.9 Å². The van der Waals surface area contributed by atoms with Gasteiger partial charge in [0.05, 0.1) is 11.4 Å². The number of nitrogens with zero attached hydrogens (tertiary/aromatic N) is 2. The van der Waals surface area contributed by atoms with Crippen LogP contribution in [0.15, 0.2) is 24.3 Å². The predicted molar refractivity (Wildman–Crippen MR) is 82.5 cm³/mol. The molecule has 0 heterocycles. The van der Waals surface area contributed by atoms with E-state index in [9.17, 15) is 14.4 Å². The molecule has 1 aromatic rings. The van der Waals surface area contributed by atoms with Crippen LogP contribution in [0.4, 0.5) is 11.4 Å². The minimum atomic E-state index is -0.709. The highest BCUT2D eigenvalue weighted by atomic mass is 16.2. The summed E-state index contributed by atoms with van der Waals surface area (Å²) in [6.07, 6.45) is 1.88. The van der Waals surface area contributed by atoms with E-state index in [0.717, 1.165) is 12.0 Å². The molecule has 1 unspecified atom stereocenters. The van der Waals surface area contributed by atoms with Crippen molar-refractivity contribution in [3.63, 3.8) is 0 Å². The molecule has 0 aliphatic heterocycles. The van der Waals surface area contributed by atoms with E-state index in [1.807, 2.05) is 31.1 Å². The van der Waals surface area contributed by atoms with Crippen molar-refractivity contribution in [3.05, 3.63) is 24.3 Å². The highest BCUT2D eigenvalue weighted by molar-refractivity contribution is 5.94. The van der Waals surface area contributed by atoms with Gasteiger partial charge in [-0.05, 0) is 18.6 Å². The summed E-state index contributed by atoms with van der Waals surface area (Å²) >= 11 is 0. The van der Waals surface area contributed by atoms with E-state index in [0.29, 0.717) is 12.1 Å². The molecule has 21 heavy (non-hydrogen) atoms. The van der Waals surface area contributed by atoms with Crippen LogP contribution < -0.4 is 15.1 Å². The summed E-state index contributed by atoms with van der Waals surface area (Å²) in [5.74, 6) is -0.294. The Bertz CT molecular complexity index is 503. The Balaban J connectivity index is 3.22. The van der Waals surface area contributed by atoms with Crippen LogP contribution in [0.1, 0.15) is 12.8 Å². The molecule has 6 nitrogen and oxygen atoms in total. The van der Waals surface area contributed by atoms with Crippen LogP contribution >= 0.6 is 0 Å². The normalized spacial score (nSPS) is 11.4. The van der Waals surface area contributed by atoms with Gasteiger partial charge in [0.2, 0.25) is 12.3 Å². The van der Waals surface area contributed by atoms with Crippen molar-refractivity contribution in [2.75, 3.05) is 30.9 Å². The van der Waals surface area contributed by atoms with E-state index in [2.05, 4.69) is 5.32 Å². The fourth-order valence-electron chi connectivity index (χ4n) is 2.15. The van der Waals surface area contributed by atoms with Crippen LogP contribution in [0.5, 0.6) is 0 Å². The lowest BCUT2D eigenvalue weighted by atomic mass is 10.1. The molecule has 0 spiro atoms. The molecule has 1 atom stereocenters. The molecular weight excluding hydrogens is 270 g/mol. The van der Waals surface area contributed by atoms with Crippen LogP contribution in [0, 0.1) is 0 Å². The number of rotatable bonds is 8. The second-order valence-electron chi connectivity index (χ2n) is 4.77. The van der Waals surface area contributed by atoms with Crippen molar-refractivity contribution in [1.29, 1.82) is 0 Å². The molecule has 0 fully saturated rings. The third-order valence-corrected chi connectivity index (χ3v) is 3.20. The first kappa shape index (κ1) is 16.7. The van der Waals surface area contributed by atoms with Crippen LogP contribution in [0.3, 0.4) is 0 Å². The molecule has 0 aliphatic rings. The third kappa shape index (κ3) is 4.05. The average molecular weight is 291 g/mol. The van der Waals surface area contributed by atoms with E-state index in [1.54, 1.807) is 12.1 Å². The molecule has 0 aromatic heterocycles. The number of carbonyl (C=O) groups is 3. The summed E-state index contributed by atoms with van der Waals surface area (Å²) in [6.45, 7) is 0. The quantitative estimate of drug-likeness (QED) is 0.720. The lowest BCUT2D eigenvalue weighted by Crippen LogP contribution is -2.46. The van der Waals surface area contributed by atoms with E-state index in [-0.39, 0.29) is 18.7 Å². The fourth-order valence-corrected chi connectivity index (χ4v) is 2.15. The van der Waals surface area contributed by atoms with Gasteiger partial charge in [0.1, 0.15) is 12.3 Å². The first-order valence-corrected chi connectivity index (χ1v) is 6.72. The van der Waals surface area contributed by atoms with Crippen molar-refractivity contribution in [3.8, 4) is 0 Å². The Kier molecular flexibility index (Phi) is 6.39. The van der Waals surface area contributed by atoms with Crippen LogP contribution in [0.2, 0.25) is 0 Å². The van der Waals surface area contributed by atoms with E-state index < -0.39 is 6.04 Å². The average Bonchev–Trinajstić information content (AvgIpc) is 2.50. The van der Waals surface area contributed by atoms with Gasteiger partial charge >= 0.3 is 0 Å². The van der Waals surface area contributed by atoms with Gasteiger partial charge in [0.25, 0.3) is 0 Å². The SMILES string of the molecule is CNC(=O)C(CCC=O)N(C=O)c1ccccc1N(C)C. The molecule has 0 saturated heterocycles. The fraction of sp³-hybridized carbons (Fsp3) is 0.400. The number of hydrogen-bond donors (Lipinski definition) is 1. The van der Waals surface area contributed by atoms with Crippen molar-refractivity contribution in [1.82, 2.24) is 5.32 Å². The Morgan fingerprint density at radius 2 is 1.86 bits per heavy atom. The maximum atomic E-state index is 12.0. The molecule has 114 valence electrons. The summed E-state index contributed by atoms with van der Waals surface area (Å²) in [4.78, 5) is 37.4. The maximum absolute atomic E-state index is 12.0. The molecule has 0 saturated carbocycles. The number of anilines is 2. The van der Waals surface area contributed by atoms with Crippen molar-refractivity contribution >= 4 is 30.0 Å². The molecule has 1 rings (SSSR count). The summed E-state index contributed by atoms with van der Waals surface area (Å²) in [5, 5.41) is 2.54. The zero-order chi connectivity index (χ0) is 15.8. The number of hydrogen-bond acceptors (Lipinski definition) is 4. The van der Waals surface area contributed by atoms with Gasteiger partial charge in [0, 0.05) is 27.6 Å². The Hall–Kier alpha value is -2.37. The molecule has 2 amide bonds. The molecular formula is C15H21N3O3. The summed E-state index contributed by atoms with van der Waals surface area (Å²) in [6, 6.07) is 6.60. The minimum absolute atomic E-state index is 0.215. The second kappa shape index (κ2) is 8.04. The van der Waals surface area contributed by atoms with Gasteiger partial charge in [-0.25, -0.2) is 0 Å². The smallest absolute Gasteiger partial charge is 0.242 e. The number of benzene rings is 1. The molecule has 1 aromatic carbocycles.